The summed E-state index contributed by atoms with van der Waals surface area (Å²) in [6.07, 6.45) is 28.6. The van der Waals surface area contributed by atoms with E-state index in [2.05, 4.69) is 328 Å². The molecule has 23 rings (SSSR count). The van der Waals surface area contributed by atoms with E-state index < -0.39 is 0 Å². The van der Waals surface area contributed by atoms with Gasteiger partial charge in [0.2, 0.25) is 5.75 Å². The summed E-state index contributed by atoms with van der Waals surface area (Å²) < 4.78 is 37.5. The minimum atomic E-state index is 0.363. The molecule has 0 bridgehead atoms. The van der Waals surface area contributed by atoms with Gasteiger partial charge in [-0.25, -0.2) is 34.9 Å². The van der Waals surface area contributed by atoms with Crippen molar-refractivity contribution in [1.82, 2.24) is 86.5 Å². The molecule has 4 aliphatic heterocycles. The van der Waals surface area contributed by atoms with E-state index in [1.54, 1.807) is 34.6 Å². The number of hydrogen-bond donors (Lipinski definition) is 0. The number of rotatable bonds is 19. The summed E-state index contributed by atoms with van der Waals surface area (Å²) in [4.78, 5) is 41.0. The molecule has 0 spiro atoms. The molecular weight excluding hydrogens is 1630 g/mol. The normalized spacial score (nSPS) is 16.2. The standard InChI is InChI=1S/C28H27N5O.2C27H25N5.C27H29N3O3/c1-20-12-22-14-27(31-11-10-29-18-31)28(34-2)15-23(22)17-32(20)16-21-6-5-7-24(13-21)33-19-30-25-8-3-4-9-26(25)33;1-20-13-23-15-24(30-12-11-28-18-30)10-9-22(23)17-31(20)16-21-5-4-6-25(14-21)32-19-29-26-7-2-3-8-27(26)32;1-20-13-22-9-10-24(30-12-11-28-18-30)15-23(22)17-31(20)16-21-5-4-6-25(14-21)32-19-29-26-7-2-3-8-27(26)32;1-18-12-22-20(14-25(31-2)27(33-4)26(22)32-3)16-29(18)15-19-8-7-9-21(13-19)30-17-28-23-10-5-6-11-24(23)30/h3-11,13-15,18-20H,12,16-17H2,1-2H3;2*2-12,14-15,18-20H,13,16-17H2,1H3;5-11,13-14,17-18H,12,15-16H2,1-4H3. The van der Waals surface area contributed by atoms with Gasteiger partial charge in [-0.2, -0.15) is 0 Å². The van der Waals surface area contributed by atoms with Gasteiger partial charge < -0.3 is 32.6 Å². The average molecular weight is 1730 g/mol. The van der Waals surface area contributed by atoms with Crippen molar-refractivity contribution >= 4 is 44.1 Å². The second-order valence-corrected chi connectivity index (χ2v) is 34.8. The lowest BCUT2D eigenvalue weighted by Gasteiger charge is -2.36. The maximum Gasteiger partial charge on any atom is 0.203 e. The Hall–Kier alpha value is -14.8. The number of benzene rings is 12. The van der Waals surface area contributed by atoms with Gasteiger partial charge in [0.05, 0.1) is 97.2 Å². The number of para-hydroxylation sites is 8. The number of imidazole rings is 7. The maximum atomic E-state index is 5.74. The first kappa shape index (κ1) is 84.4. The largest absolute Gasteiger partial charge is 0.495 e. The van der Waals surface area contributed by atoms with E-state index in [1.165, 1.54) is 78.1 Å². The van der Waals surface area contributed by atoms with Crippen molar-refractivity contribution in [3.63, 3.8) is 0 Å². The summed E-state index contributed by atoms with van der Waals surface area (Å²) in [5.41, 5.74) is 32.6. The SMILES string of the molecule is CC1Cc2cc(-n3ccnc3)ccc2CN1Cc1cccc(-n2cnc3ccccc32)c1.CC1Cc2ccc(-n3ccnc3)cc2CN1Cc1cccc(-n2cnc3ccccc32)c1.COc1cc2c(c(OC)c1OC)CC(C)N(Cc1cccc(-n3cnc4ccccc43)c1)C2.COc1cc2c(cc1-n1ccnc1)CC(C)N(Cc1cccc(-n3cnc4ccccc43)c1)C2. The van der Waals surface area contributed by atoms with Crippen LogP contribution in [0.2, 0.25) is 0 Å². The Bertz CT molecular complexity index is 7230. The molecule has 12 aromatic carbocycles. The summed E-state index contributed by atoms with van der Waals surface area (Å²) in [6, 6.07) is 90.1. The third-order valence-corrected chi connectivity index (χ3v) is 26.4. The van der Waals surface area contributed by atoms with Crippen molar-refractivity contribution in [3.8, 4) is 62.8 Å². The van der Waals surface area contributed by atoms with Gasteiger partial charge in [0.25, 0.3) is 0 Å². The molecule has 0 fully saturated rings. The average Bonchev–Trinajstić information content (AvgIpc) is 1.69. The molecule has 7 aromatic heterocycles. The highest BCUT2D eigenvalue weighted by Gasteiger charge is 2.32. The molecule has 656 valence electrons. The van der Waals surface area contributed by atoms with Crippen LogP contribution in [0.1, 0.15) is 94.5 Å². The summed E-state index contributed by atoms with van der Waals surface area (Å²) in [6.45, 7) is 16.5. The lowest BCUT2D eigenvalue weighted by Crippen LogP contribution is -2.38. The van der Waals surface area contributed by atoms with Crippen LogP contribution in [0.25, 0.3) is 83.9 Å². The molecule has 4 unspecified atom stereocenters. The van der Waals surface area contributed by atoms with E-state index in [0.717, 1.165) is 162 Å². The van der Waals surface area contributed by atoms with E-state index in [0.29, 0.717) is 35.7 Å². The molecule has 131 heavy (non-hydrogen) atoms. The van der Waals surface area contributed by atoms with Crippen LogP contribution < -0.4 is 18.9 Å². The third kappa shape index (κ3) is 17.8. The zero-order valence-corrected chi connectivity index (χ0v) is 75.2. The summed E-state index contributed by atoms with van der Waals surface area (Å²) >= 11 is 0. The zero-order valence-electron chi connectivity index (χ0n) is 75.2. The van der Waals surface area contributed by atoms with Crippen LogP contribution in [0.5, 0.6) is 23.0 Å². The highest BCUT2D eigenvalue weighted by Crippen LogP contribution is 2.46. The number of nitrogens with zero attached hydrogens (tertiary/aromatic N) is 18. The van der Waals surface area contributed by atoms with E-state index in [4.69, 9.17) is 18.9 Å². The quantitative estimate of drug-likeness (QED) is 0.0747. The molecule has 4 aliphatic rings. The van der Waals surface area contributed by atoms with Gasteiger partial charge in [-0.1, -0.05) is 109 Å². The number of methoxy groups -OCH3 is 4. The second kappa shape index (κ2) is 37.5. The molecule has 11 heterocycles. The number of fused-ring (bicyclic) bond motifs is 8. The fraction of sp³-hybridized carbons (Fsp3) is 0.220. The van der Waals surface area contributed by atoms with Crippen molar-refractivity contribution < 1.29 is 18.9 Å². The first-order valence-corrected chi connectivity index (χ1v) is 45.0. The molecule has 22 heteroatoms. The molecule has 19 aromatic rings. The van der Waals surface area contributed by atoms with E-state index >= 15 is 0 Å². The number of ether oxygens (including phenoxy) is 4. The second-order valence-electron chi connectivity index (χ2n) is 34.8. The van der Waals surface area contributed by atoms with Crippen LogP contribution in [-0.4, -0.2) is 139 Å². The number of aromatic nitrogens is 14. The predicted octanol–water partition coefficient (Wildman–Crippen LogP) is 20.5. The van der Waals surface area contributed by atoms with Crippen LogP contribution in [0.15, 0.2) is 330 Å². The first-order chi connectivity index (χ1) is 64.3. The fourth-order valence-corrected chi connectivity index (χ4v) is 19.4. The van der Waals surface area contributed by atoms with Crippen molar-refractivity contribution in [3.05, 3.63) is 397 Å². The minimum Gasteiger partial charge on any atom is -0.495 e. The highest BCUT2D eigenvalue weighted by atomic mass is 16.5. The van der Waals surface area contributed by atoms with Crippen molar-refractivity contribution in [2.75, 3.05) is 28.4 Å². The van der Waals surface area contributed by atoms with Crippen LogP contribution in [0.3, 0.4) is 0 Å². The minimum absolute atomic E-state index is 0.363. The highest BCUT2D eigenvalue weighted by molar-refractivity contribution is 5.80. The summed E-state index contributed by atoms with van der Waals surface area (Å²) in [5, 5.41) is 0. The Balaban J connectivity index is 0.000000109. The topological polar surface area (TPSA) is 175 Å². The van der Waals surface area contributed by atoms with Crippen molar-refractivity contribution in [2.45, 2.75) is 130 Å². The van der Waals surface area contributed by atoms with Gasteiger partial charge in [-0.15, -0.1) is 0 Å². The first-order valence-electron chi connectivity index (χ1n) is 45.0. The molecule has 0 saturated carbocycles. The summed E-state index contributed by atoms with van der Waals surface area (Å²) in [7, 11) is 6.75. The maximum absolute atomic E-state index is 5.74. The molecule has 0 radical (unpaired) electrons. The molecular formula is C109H106N18O4. The molecule has 4 atom stereocenters. The predicted molar refractivity (Wildman–Crippen MR) is 517 cm³/mol. The monoisotopic (exact) mass is 1730 g/mol. The van der Waals surface area contributed by atoms with Gasteiger partial charge >= 0.3 is 0 Å². The third-order valence-electron chi connectivity index (χ3n) is 26.4. The lowest BCUT2D eigenvalue weighted by atomic mass is 9.92. The zero-order chi connectivity index (χ0) is 89.0. The lowest BCUT2D eigenvalue weighted by molar-refractivity contribution is 0.172. The Labute approximate surface area is 763 Å². The molecule has 0 N–H and O–H groups in total. The van der Waals surface area contributed by atoms with Crippen molar-refractivity contribution in [2.24, 2.45) is 0 Å². The Kier molecular flexibility index (Phi) is 24.1. The molecule has 0 amide bonds. The van der Waals surface area contributed by atoms with E-state index in [-0.39, 0.29) is 0 Å². The fourth-order valence-electron chi connectivity index (χ4n) is 19.4. The van der Waals surface area contributed by atoms with Crippen LogP contribution >= 0.6 is 0 Å². The van der Waals surface area contributed by atoms with E-state index in [9.17, 15) is 0 Å². The van der Waals surface area contributed by atoms with Crippen molar-refractivity contribution in [1.29, 1.82) is 0 Å². The number of hydrogen-bond acceptors (Lipinski definition) is 15. The smallest absolute Gasteiger partial charge is 0.203 e. The van der Waals surface area contributed by atoms with Crippen LogP contribution in [0.4, 0.5) is 0 Å². The van der Waals surface area contributed by atoms with E-state index in [1.807, 2.05) is 110 Å². The van der Waals surface area contributed by atoms with Gasteiger partial charge in [0.15, 0.2) is 11.5 Å². The molecule has 22 nitrogen and oxygen atoms in total. The Morgan fingerprint density at radius 3 is 1.02 bits per heavy atom. The van der Waals surface area contributed by atoms with Gasteiger partial charge in [0, 0.05) is 153 Å². The van der Waals surface area contributed by atoms with Gasteiger partial charge in [-0.05, 0) is 254 Å². The molecule has 0 saturated heterocycles. The van der Waals surface area contributed by atoms with Crippen LogP contribution in [-0.2, 0) is 78.0 Å². The summed E-state index contributed by atoms with van der Waals surface area (Å²) in [5.74, 6) is 3.03. The van der Waals surface area contributed by atoms with Gasteiger partial charge in [0.1, 0.15) is 31.1 Å². The Morgan fingerprint density at radius 2 is 0.618 bits per heavy atom. The van der Waals surface area contributed by atoms with Gasteiger partial charge in [-0.3, -0.25) is 37.9 Å². The molecule has 0 aliphatic carbocycles. The van der Waals surface area contributed by atoms with Crippen LogP contribution in [0, 0.1) is 0 Å². The Morgan fingerprint density at radius 1 is 0.275 bits per heavy atom.